The first kappa shape index (κ1) is 11.3. The van der Waals surface area contributed by atoms with Crippen LogP contribution in [0.15, 0.2) is 30.3 Å². The van der Waals surface area contributed by atoms with Gasteiger partial charge in [-0.05, 0) is 25.0 Å². The fourth-order valence-corrected chi connectivity index (χ4v) is 2.63. The maximum absolute atomic E-state index is 12.4. The minimum absolute atomic E-state index is 0.146. The Bertz CT molecular complexity index is 517. The molecule has 1 aromatic carbocycles. The van der Waals surface area contributed by atoms with Crippen LogP contribution in [0.5, 0.6) is 0 Å². The summed E-state index contributed by atoms with van der Waals surface area (Å²) in [5.74, 6) is 0.146. The molecule has 0 spiro atoms. The lowest BCUT2D eigenvalue weighted by atomic mass is 10.2. The molecule has 0 radical (unpaired) electrons. The average Bonchev–Trinajstić information content (AvgIpc) is 2.64. The maximum Gasteiger partial charge on any atom is 0.270 e. The second-order valence-corrected chi connectivity index (χ2v) is 4.98. The van der Waals surface area contributed by atoms with E-state index in [0.29, 0.717) is 0 Å². The van der Waals surface area contributed by atoms with Crippen molar-refractivity contribution in [2.24, 2.45) is 0 Å². The Labute approximate surface area is 107 Å². The molecule has 3 heteroatoms. The van der Waals surface area contributed by atoms with Crippen molar-refractivity contribution in [3.8, 4) is 0 Å². The number of carbonyl (C=O) groups is 1. The fourth-order valence-electron chi connectivity index (χ4n) is 2.63. The van der Waals surface area contributed by atoms with E-state index in [1.807, 2.05) is 35.2 Å². The number of rotatable bonds is 1. The van der Waals surface area contributed by atoms with Gasteiger partial charge in [0.25, 0.3) is 5.91 Å². The second-order valence-electron chi connectivity index (χ2n) is 4.98. The van der Waals surface area contributed by atoms with E-state index < -0.39 is 0 Å². The van der Waals surface area contributed by atoms with Crippen molar-refractivity contribution in [1.82, 2.24) is 9.88 Å². The zero-order valence-corrected chi connectivity index (χ0v) is 10.5. The topological polar surface area (TPSA) is 36.1 Å². The number of nitrogens with one attached hydrogen (secondary N) is 1. The SMILES string of the molecule is O=C(c1cc2ccccc2[nH]1)N1CCCCCC1. The lowest BCUT2D eigenvalue weighted by Gasteiger charge is -2.19. The first-order valence-electron chi connectivity index (χ1n) is 6.71. The predicted molar refractivity (Wildman–Crippen MR) is 72.7 cm³/mol. The molecular weight excluding hydrogens is 224 g/mol. The van der Waals surface area contributed by atoms with Crippen molar-refractivity contribution in [2.75, 3.05) is 13.1 Å². The highest BCUT2D eigenvalue weighted by atomic mass is 16.2. The smallest absolute Gasteiger partial charge is 0.270 e. The molecule has 1 amide bonds. The Balaban J connectivity index is 1.86. The molecule has 0 bridgehead atoms. The minimum atomic E-state index is 0.146. The Morgan fingerprint density at radius 1 is 1.06 bits per heavy atom. The molecule has 0 unspecified atom stereocenters. The summed E-state index contributed by atoms with van der Waals surface area (Å²) in [7, 11) is 0. The molecule has 18 heavy (non-hydrogen) atoms. The quantitative estimate of drug-likeness (QED) is 0.819. The largest absolute Gasteiger partial charge is 0.351 e. The molecule has 2 aromatic rings. The molecule has 1 N–H and O–H groups in total. The van der Waals surface area contributed by atoms with E-state index in [-0.39, 0.29) is 5.91 Å². The van der Waals surface area contributed by atoms with Crippen LogP contribution in [-0.2, 0) is 0 Å². The van der Waals surface area contributed by atoms with E-state index in [1.165, 1.54) is 12.8 Å². The highest BCUT2D eigenvalue weighted by Crippen LogP contribution is 2.18. The van der Waals surface area contributed by atoms with Gasteiger partial charge in [-0.25, -0.2) is 0 Å². The number of hydrogen-bond acceptors (Lipinski definition) is 1. The molecule has 3 nitrogen and oxygen atoms in total. The van der Waals surface area contributed by atoms with Gasteiger partial charge >= 0.3 is 0 Å². The van der Waals surface area contributed by atoms with Gasteiger partial charge in [0.2, 0.25) is 0 Å². The Morgan fingerprint density at radius 2 is 1.78 bits per heavy atom. The number of para-hydroxylation sites is 1. The van der Waals surface area contributed by atoms with Gasteiger partial charge in [0, 0.05) is 24.0 Å². The zero-order chi connectivity index (χ0) is 12.4. The van der Waals surface area contributed by atoms with Crippen LogP contribution >= 0.6 is 0 Å². The molecule has 1 saturated heterocycles. The van der Waals surface area contributed by atoms with Crippen molar-refractivity contribution in [1.29, 1.82) is 0 Å². The number of amides is 1. The van der Waals surface area contributed by atoms with E-state index in [2.05, 4.69) is 4.98 Å². The zero-order valence-electron chi connectivity index (χ0n) is 10.5. The highest BCUT2D eigenvalue weighted by molar-refractivity contribution is 5.98. The number of aromatic nitrogens is 1. The monoisotopic (exact) mass is 242 g/mol. The molecule has 1 fully saturated rings. The van der Waals surface area contributed by atoms with Gasteiger partial charge in [0.1, 0.15) is 5.69 Å². The molecule has 0 saturated carbocycles. The molecule has 0 aliphatic carbocycles. The number of hydrogen-bond donors (Lipinski definition) is 1. The number of fused-ring (bicyclic) bond motifs is 1. The van der Waals surface area contributed by atoms with Crippen LogP contribution in [-0.4, -0.2) is 28.9 Å². The third-order valence-corrected chi connectivity index (χ3v) is 3.65. The third-order valence-electron chi connectivity index (χ3n) is 3.65. The number of H-pyrrole nitrogens is 1. The van der Waals surface area contributed by atoms with E-state index in [0.717, 1.165) is 42.5 Å². The van der Waals surface area contributed by atoms with Crippen LogP contribution in [0, 0.1) is 0 Å². The van der Waals surface area contributed by atoms with E-state index in [9.17, 15) is 4.79 Å². The Hall–Kier alpha value is -1.77. The van der Waals surface area contributed by atoms with Gasteiger partial charge in [0.05, 0.1) is 0 Å². The normalized spacial score (nSPS) is 16.8. The number of nitrogens with zero attached hydrogens (tertiary/aromatic N) is 1. The maximum atomic E-state index is 12.4. The minimum Gasteiger partial charge on any atom is -0.351 e. The lowest BCUT2D eigenvalue weighted by Crippen LogP contribution is -2.32. The van der Waals surface area contributed by atoms with Gasteiger partial charge in [-0.2, -0.15) is 0 Å². The van der Waals surface area contributed by atoms with Crippen LogP contribution in [0.25, 0.3) is 10.9 Å². The van der Waals surface area contributed by atoms with Crippen molar-refractivity contribution in [3.05, 3.63) is 36.0 Å². The van der Waals surface area contributed by atoms with Crippen LogP contribution in [0.2, 0.25) is 0 Å². The molecule has 1 aliphatic heterocycles. The van der Waals surface area contributed by atoms with E-state index >= 15 is 0 Å². The van der Waals surface area contributed by atoms with Crippen LogP contribution < -0.4 is 0 Å². The Morgan fingerprint density at radius 3 is 2.50 bits per heavy atom. The number of carbonyl (C=O) groups excluding carboxylic acids is 1. The van der Waals surface area contributed by atoms with Gasteiger partial charge in [-0.3, -0.25) is 4.79 Å². The molecule has 3 rings (SSSR count). The van der Waals surface area contributed by atoms with Crippen molar-refractivity contribution < 1.29 is 4.79 Å². The molecular formula is C15H18N2O. The molecule has 94 valence electrons. The molecule has 0 atom stereocenters. The third kappa shape index (κ3) is 2.13. The Kier molecular flexibility index (Phi) is 3.05. The summed E-state index contributed by atoms with van der Waals surface area (Å²) in [5.41, 5.74) is 1.76. The van der Waals surface area contributed by atoms with Gasteiger partial charge in [-0.1, -0.05) is 31.0 Å². The first-order chi connectivity index (χ1) is 8.84. The summed E-state index contributed by atoms with van der Waals surface area (Å²) >= 11 is 0. The van der Waals surface area contributed by atoms with Crippen molar-refractivity contribution in [3.63, 3.8) is 0 Å². The number of benzene rings is 1. The predicted octanol–water partition coefficient (Wildman–Crippen LogP) is 3.18. The summed E-state index contributed by atoms with van der Waals surface area (Å²) in [6.07, 6.45) is 4.75. The molecule has 1 aromatic heterocycles. The van der Waals surface area contributed by atoms with Crippen LogP contribution in [0.1, 0.15) is 36.2 Å². The summed E-state index contributed by atoms with van der Waals surface area (Å²) in [4.78, 5) is 17.6. The second kappa shape index (κ2) is 4.84. The van der Waals surface area contributed by atoms with Gasteiger partial charge in [0.15, 0.2) is 0 Å². The van der Waals surface area contributed by atoms with E-state index in [4.69, 9.17) is 0 Å². The standard InChI is InChI=1S/C15H18N2O/c18-15(17-9-5-1-2-6-10-17)14-11-12-7-3-4-8-13(12)16-14/h3-4,7-8,11,16H,1-2,5-6,9-10H2. The van der Waals surface area contributed by atoms with Crippen molar-refractivity contribution >= 4 is 16.8 Å². The highest BCUT2D eigenvalue weighted by Gasteiger charge is 2.18. The lowest BCUT2D eigenvalue weighted by molar-refractivity contribution is 0.0757. The summed E-state index contributed by atoms with van der Waals surface area (Å²) in [5, 5.41) is 1.11. The average molecular weight is 242 g/mol. The first-order valence-corrected chi connectivity index (χ1v) is 6.71. The fraction of sp³-hybridized carbons (Fsp3) is 0.400. The van der Waals surface area contributed by atoms with Crippen LogP contribution in [0.4, 0.5) is 0 Å². The summed E-state index contributed by atoms with van der Waals surface area (Å²) < 4.78 is 0. The molecule has 2 heterocycles. The summed E-state index contributed by atoms with van der Waals surface area (Å²) in [6, 6.07) is 9.98. The number of likely N-dealkylation sites (tertiary alicyclic amines) is 1. The molecule has 1 aliphatic rings. The van der Waals surface area contributed by atoms with Crippen LogP contribution in [0.3, 0.4) is 0 Å². The van der Waals surface area contributed by atoms with Crippen molar-refractivity contribution in [2.45, 2.75) is 25.7 Å². The van der Waals surface area contributed by atoms with Gasteiger partial charge in [-0.15, -0.1) is 0 Å². The van der Waals surface area contributed by atoms with Gasteiger partial charge < -0.3 is 9.88 Å². The summed E-state index contributed by atoms with van der Waals surface area (Å²) in [6.45, 7) is 1.79. The number of aromatic amines is 1. The van der Waals surface area contributed by atoms with E-state index in [1.54, 1.807) is 0 Å².